The number of esters is 1. The molecule has 0 amide bonds. The number of pyridine rings is 1. The maximum atomic E-state index is 11.6. The van der Waals surface area contributed by atoms with Gasteiger partial charge in [-0.3, -0.25) is 0 Å². The second-order valence-electron chi connectivity index (χ2n) is 4.06. The number of ether oxygens (including phenoxy) is 1. The van der Waals surface area contributed by atoms with Crippen LogP contribution in [0.2, 0.25) is 0 Å². The van der Waals surface area contributed by atoms with Crippen molar-refractivity contribution in [3.05, 3.63) is 22.4 Å². The van der Waals surface area contributed by atoms with Crippen molar-refractivity contribution in [2.75, 3.05) is 5.73 Å². The first-order valence-electron chi connectivity index (χ1n) is 4.44. The van der Waals surface area contributed by atoms with E-state index >= 15 is 0 Å². The molecule has 0 aliphatic rings. The van der Waals surface area contributed by atoms with Crippen LogP contribution in [0, 0.1) is 0 Å². The Morgan fingerprint density at radius 3 is 2.67 bits per heavy atom. The number of nitrogens with two attached hydrogens (primary N) is 1. The first-order valence-corrected chi connectivity index (χ1v) is 5.24. The van der Waals surface area contributed by atoms with Gasteiger partial charge in [0.25, 0.3) is 0 Å². The Morgan fingerprint density at radius 1 is 1.53 bits per heavy atom. The monoisotopic (exact) mass is 272 g/mol. The molecule has 0 aliphatic heterocycles. The Labute approximate surface area is 97.0 Å². The van der Waals surface area contributed by atoms with Gasteiger partial charge < -0.3 is 10.5 Å². The van der Waals surface area contributed by atoms with Crippen LogP contribution in [0.15, 0.2) is 16.7 Å². The highest BCUT2D eigenvalue weighted by Gasteiger charge is 2.21. The molecule has 2 N–H and O–H groups in total. The third-order valence-corrected chi connectivity index (χ3v) is 2.22. The van der Waals surface area contributed by atoms with E-state index in [-0.39, 0.29) is 5.69 Å². The molecular formula is C10H13BrN2O2. The normalized spacial score (nSPS) is 11.2. The van der Waals surface area contributed by atoms with Crippen LogP contribution in [0.5, 0.6) is 0 Å². The van der Waals surface area contributed by atoms with Crippen molar-refractivity contribution in [2.45, 2.75) is 26.4 Å². The van der Waals surface area contributed by atoms with Crippen molar-refractivity contribution in [3.8, 4) is 0 Å². The molecule has 0 atom stereocenters. The minimum atomic E-state index is -0.548. The van der Waals surface area contributed by atoms with Crippen LogP contribution in [-0.4, -0.2) is 16.6 Å². The van der Waals surface area contributed by atoms with Crippen molar-refractivity contribution >= 4 is 27.6 Å². The van der Waals surface area contributed by atoms with E-state index in [9.17, 15) is 4.79 Å². The number of nitrogen functional groups attached to an aromatic ring is 1. The van der Waals surface area contributed by atoms with Gasteiger partial charge in [-0.15, -0.1) is 0 Å². The van der Waals surface area contributed by atoms with Crippen LogP contribution in [0.1, 0.15) is 31.3 Å². The molecule has 15 heavy (non-hydrogen) atoms. The molecule has 0 radical (unpaired) electrons. The van der Waals surface area contributed by atoms with Gasteiger partial charge >= 0.3 is 5.97 Å². The molecule has 0 unspecified atom stereocenters. The zero-order chi connectivity index (χ0) is 11.6. The van der Waals surface area contributed by atoms with E-state index in [4.69, 9.17) is 10.5 Å². The SMILES string of the molecule is CC(C)(C)OC(=O)c1nccc(Br)c1N. The smallest absolute Gasteiger partial charge is 0.359 e. The Bertz CT molecular complexity index is 385. The summed E-state index contributed by atoms with van der Waals surface area (Å²) in [5, 5.41) is 0. The zero-order valence-electron chi connectivity index (χ0n) is 8.87. The number of carbonyl (C=O) groups is 1. The highest BCUT2D eigenvalue weighted by Crippen LogP contribution is 2.22. The second kappa shape index (κ2) is 4.18. The predicted octanol–water partition coefficient (Wildman–Crippen LogP) is 2.38. The zero-order valence-corrected chi connectivity index (χ0v) is 10.5. The Morgan fingerprint density at radius 2 is 2.13 bits per heavy atom. The van der Waals surface area contributed by atoms with E-state index < -0.39 is 11.6 Å². The second-order valence-corrected chi connectivity index (χ2v) is 4.91. The highest BCUT2D eigenvalue weighted by molar-refractivity contribution is 9.10. The van der Waals surface area contributed by atoms with Gasteiger partial charge in [0, 0.05) is 10.7 Å². The van der Waals surface area contributed by atoms with Crippen molar-refractivity contribution in [3.63, 3.8) is 0 Å². The number of anilines is 1. The lowest BCUT2D eigenvalue weighted by atomic mass is 10.2. The molecule has 1 rings (SSSR count). The largest absolute Gasteiger partial charge is 0.455 e. The van der Waals surface area contributed by atoms with Crippen molar-refractivity contribution in [2.24, 2.45) is 0 Å². The maximum absolute atomic E-state index is 11.6. The third-order valence-electron chi connectivity index (χ3n) is 1.53. The summed E-state index contributed by atoms with van der Waals surface area (Å²) in [6.45, 7) is 5.37. The van der Waals surface area contributed by atoms with Crippen molar-refractivity contribution in [1.29, 1.82) is 0 Å². The molecule has 0 spiro atoms. The van der Waals surface area contributed by atoms with Gasteiger partial charge in [-0.05, 0) is 42.8 Å². The topological polar surface area (TPSA) is 65.2 Å². The van der Waals surface area contributed by atoms with E-state index in [1.54, 1.807) is 26.8 Å². The summed E-state index contributed by atoms with van der Waals surface area (Å²) in [6, 6.07) is 1.67. The van der Waals surface area contributed by atoms with Gasteiger partial charge in [-0.25, -0.2) is 9.78 Å². The molecular weight excluding hydrogens is 260 g/mol. The minimum absolute atomic E-state index is 0.138. The molecule has 1 heterocycles. The van der Waals surface area contributed by atoms with Gasteiger partial charge in [0.05, 0.1) is 5.69 Å². The lowest BCUT2D eigenvalue weighted by Gasteiger charge is -2.19. The van der Waals surface area contributed by atoms with Crippen LogP contribution < -0.4 is 5.73 Å². The van der Waals surface area contributed by atoms with Crippen LogP contribution >= 0.6 is 15.9 Å². The molecule has 0 aliphatic carbocycles. The number of carbonyl (C=O) groups excluding carboxylic acids is 1. The summed E-state index contributed by atoms with van der Waals surface area (Å²) in [7, 11) is 0. The molecule has 5 heteroatoms. The summed E-state index contributed by atoms with van der Waals surface area (Å²) >= 11 is 3.22. The fourth-order valence-electron chi connectivity index (χ4n) is 0.939. The summed E-state index contributed by atoms with van der Waals surface area (Å²) in [6.07, 6.45) is 1.50. The van der Waals surface area contributed by atoms with Crippen LogP contribution in [0.3, 0.4) is 0 Å². The molecule has 1 aromatic rings. The van der Waals surface area contributed by atoms with E-state index in [1.165, 1.54) is 6.20 Å². The number of nitrogens with zero attached hydrogens (tertiary/aromatic N) is 1. The van der Waals surface area contributed by atoms with Crippen molar-refractivity contribution < 1.29 is 9.53 Å². The van der Waals surface area contributed by atoms with Gasteiger partial charge in [0.1, 0.15) is 5.60 Å². The standard InChI is InChI=1S/C10H13BrN2O2/c1-10(2,3)15-9(14)8-7(12)6(11)4-5-13-8/h4-5H,12H2,1-3H3. The fraction of sp³-hybridized carbons (Fsp3) is 0.400. The fourth-order valence-corrected chi connectivity index (χ4v) is 1.24. The average molecular weight is 273 g/mol. The number of aromatic nitrogens is 1. The quantitative estimate of drug-likeness (QED) is 0.798. The van der Waals surface area contributed by atoms with Gasteiger partial charge in [0.2, 0.25) is 0 Å². The van der Waals surface area contributed by atoms with Crippen LogP contribution in [0.25, 0.3) is 0 Å². The Balaban J connectivity index is 2.97. The lowest BCUT2D eigenvalue weighted by Crippen LogP contribution is -2.25. The van der Waals surface area contributed by atoms with Crippen LogP contribution in [0.4, 0.5) is 5.69 Å². The molecule has 0 saturated heterocycles. The van der Waals surface area contributed by atoms with Gasteiger partial charge in [-0.2, -0.15) is 0 Å². The summed E-state index contributed by atoms with van der Waals surface area (Å²) in [4.78, 5) is 15.5. The van der Waals surface area contributed by atoms with Gasteiger partial charge in [0.15, 0.2) is 5.69 Å². The average Bonchev–Trinajstić information content (AvgIpc) is 2.06. The van der Waals surface area contributed by atoms with E-state index in [0.717, 1.165) is 0 Å². The first kappa shape index (κ1) is 12.0. The summed E-state index contributed by atoms with van der Waals surface area (Å²) in [5.41, 5.74) is 5.58. The number of hydrogen-bond acceptors (Lipinski definition) is 4. The maximum Gasteiger partial charge on any atom is 0.359 e. The molecule has 82 valence electrons. The Kier molecular flexibility index (Phi) is 3.34. The molecule has 0 bridgehead atoms. The number of hydrogen-bond donors (Lipinski definition) is 1. The summed E-state index contributed by atoms with van der Waals surface area (Å²) < 4.78 is 5.79. The summed E-state index contributed by atoms with van der Waals surface area (Å²) in [5.74, 6) is -0.513. The number of rotatable bonds is 1. The van der Waals surface area contributed by atoms with E-state index in [1.807, 2.05) is 0 Å². The molecule has 1 aromatic heterocycles. The lowest BCUT2D eigenvalue weighted by molar-refractivity contribution is 0.00642. The van der Waals surface area contributed by atoms with Gasteiger partial charge in [-0.1, -0.05) is 0 Å². The molecule has 0 aromatic carbocycles. The van der Waals surface area contributed by atoms with Crippen molar-refractivity contribution in [1.82, 2.24) is 4.98 Å². The highest BCUT2D eigenvalue weighted by atomic mass is 79.9. The minimum Gasteiger partial charge on any atom is -0.455 e. The molecule has 0 fully saturated rings. The molecule has 0 saturated carbocycles. The van der Waals surface area contributed by atoms with E-state index in [0.29, 0.717) is 10.2 Å². The molecule has 4 nitrogen and oxygen atoms in total. The van der Waals surface area contributed by atoms with Crippen LogP contribution in [-0.2, 0) is 4.74 Å². The number of halogens is 1. The van der Waals surface area contributed by atoms with E-state index in [2.05, 4.69) is 20.9 Å². The predicted molar refractivity (Wildman–Crippen MR) is 61.5 cm³/mol. The first-order chi connectivity index (χ1) is 6.81. The third kappa shape index (κ3) is 3.20. The Hall–Kier alpha value is -1.10.